The van der Waals surface area contributed by atoms with Gasteiger partial charge in [-0.05, 0) is 49.2 Å². The lowest BCUT2D eigenvalue weighted by Gasteiger charge is -2.26. The SMILES string of the molecule is CCNC(=O)C(C)N1CCOc2c(O)cc(-c3cccc(Cl)c3)cc2C1. The number of carbonyl (C=O) groups is 1. The van der Waals surface area contributed by atoms with Crippen molar-refractivity contribution in [2.24, 2.45) is 0 Å². The van der Waals surface area contributed by atoms with Crippen molar-refractivity contribution in [1.82, 2.24) is 10.2 Å². The molecule has 0 saturated carbocycles. The fourth-order valence-corrected chi connectivity index (χ4v) is 3.36. The molecular formula is C20H23ClN2O3. The normalized spacial score (nSPS) is 15.5. The summed E-state index contributed by atoms with van der Waals surface area (Å²) < 4.78 is 5.76. The van der Waals surface area contributed by atoms with E-state index >= 15 is 0 Å². The van der Waals surface area contributed by atoms with Gasteiger partial charge in [0, 0.05) is 30.2 Å². The first-order chi connectivity index (χ1) is 12.5. The molecule has 0 radical (unpaired) electrons. The zero-order chi connectivity index (χ0) is 18.7. The second-order valence-corrected chi connectivity index (χ2v) is 6.82. The molecule has 0 bridgehead atoms. The van der Waals surface area contributed by atoms with Crippen LogP contribution in [0.25, 0.3) is 11.1 Å². The number of phenols is 1. The highest BCUT2D eigenvalue weighted by Crippen LogP contribution is 2.38. The summed E-state index contributed by atoms with van der Waals surface area (Å²) in [7, 11) is 0. The van der Waals surface area contributed by atoms with Crippen molar-refractivity contribution in [3.63, 3.8) is 0 Å². The molecule has 6 heteroatoms. The topological polar surface area (TPSA) is 61.8 Å². The molecule has 2 aromatic rings. The number of ether oxygens (including phenoxy) is 1. The molecule has 1 aliphatic rings. The number of hydrogen-bond acceptors (Lipinski definition) is 4. The second-order valence-electron chi connectivity index (χ2n) is 6.38. The van der Waals surface area contributed by atoms with E-state index in [1.165, 1.54) is 0 Å². The van der Waals surface area contributed by atoms with Gasteiger partial charge in [0.15, 0.2) is 11.5 Å². The van der Waals surface area contributed by atoms with E-state index in [1.54, 1.807) is 6.07 Å². The van der Waals surface area contributed by atoms with Gasteiger partial charge in [-0.1, -0.05) is 23.7 Å². The van der Waals surface area contributed by atoms with Crippen molar-refractivity contribution < 1.29 is 14.6 Å². The number of rotatable bonds is 4. The summed E-state index contributed by atoms with van der Waals surface area (Å²) in [6.45, 7) is 5.94. The van der Waals surface area contributed by atoms with E-state index in [0.717, 1.165) is 16.7 Å². The van der Waals surface area contributed by atoms with Crippen LogP contribution in [0.2, 0.25) is 5.02 Å². The Bertz CT molecular complexity index is 810. The highest BCUT2D eigenvalue weighted by molar-refractivity contribution is 6.30. The van der Waals surface area contributed by atoms with Crippen LogP contribution in [0, 0.1) is 0 Å². The van der Waals surface area contributed by atoms with Crippen LogP contribution in [-0.2, 0) is 11.3 Å². The molecule has 0 aliphatic carbocycles. The van der Waals surface area contributed by atoms with Gasteiger partial charge in [0.25, 0.3) is 0 Å². The molecule has 1 aliphatic heterocycles. The zero-order valence-electron chi connectivity index (χ0n) is 15.0. The molecule has 1 heterocycles. The summed E-state index contributed by atoms with van der Waals surface area (Å²) in [6.07, 6.45) is 0. The summed E-state index contributed by atoms with van der Waals surface area (Å²) in [5, 5.41) is 14.0. The average Bonchev–Trinajstić information content (AvgIpc) is 2.84. The molecule has 1 atom stereocenters. The second kappa shape index (κ2) is 7.98. The number of benzene rings is 2. The number of aromatic hydroxyl groups is 1. The molecule has 0 fully saturated rings. The number of phenolic OH excluding ortho intramolecular Hbond substituents is 1. The molecule has 0 spiro atoms. The molecule has 0 aromatic heterocycles. The Morgan fingerprint density at radius 3 is 2.88 bits per heavy atom. The minimum absolute atomic E-state index is 0.00818. The smallest absolute Gasteiger partial charge is 0.237 e. The number of halogens is 1. The van der Waals surface area contributed by atoms with Gasteiger partial charge < -0.3 is 15.2 Å². The molecular weight excluding hydrogens is 352 g/mol. The standard InChI is InChI=1S/C20H23ClN2O3/c1-3-22-20(25)13(2)23-7-8-26-19-16(12-23)9-15(11-18(19)24)14-5-4-6-17(21)10-14/h4-6,9-11,13,24H,3,7-8,12H2,1-2H3,(H,22,25). The largest absolute Gasteiger partial charge is 0.504 e. The van der Waals surface area contributed by atoms with Crippen molar-refractivity contribution in [2.45, 2.75) is 26.4 Å². The predicted octanol–water partition coefficient (Wildman–Crippen LogP) is 3.43. The van der Waals surface area contributed by atoms with Crippen molar-refractivity contribution in [3.8, 4) is 22.6 Å². The molecule has 138 valence electrons. The van der Waals surface area contributed by atoms with Crippen molar-refractivity contribution >= 4 is 17.5 Å². The van der Waals surface area contributed by atoms with Crippen LogP contribution in [-0.4, -0.2) is 41.7 Å². The predicted molar refractivity (Wildman–Crippen MR) is 103 cm³/mol. The molecule has 2 aromatic carbocycles. The summed E-state index contributed by atoms with van der Waals surface area (Å²) in [5.74, 6) is 0.581. The molecule has 2 N–H and O–H groups in total. The Morgan fingerprint density at radius 2 is 2.15 bits per heavy atom. The van der Waals surface area contributed by atoms with Crippen LogP contribution in [0.15, 0.2) is 36.4 Å². The first-order valence-corrected chi connectivity index (χ1v) is 9.13. The van der Waals surface area contributed by atoms with Gasteiger partial charge in [0.05, 0.1) is 6.04 Å². The summed E-state index contributed by atoms with van der Waals surface area (Å²) in [5.41, 5.74) is 2.64. The number of amides is 1. The van der Waals surface area contributed by atoms with Gasteiger partial charge in [-0.3, -0.25) is 9.69 Å². The van der Waals surface area contributed by atoms with Gasteiger partial charge in [-0.15, -0.1) is 0 Å². The highest BCUT2D eigenvalue weighted by Gasteiger charge is 2.26. The molecule has 1 amide bonds. The molecule has 26 heavy (non-hydrogen) atoms. The van der Waals surface area contributed by atoms with Crippen LogP contribution < -0.4 is 10.1 Å². The van der Waals surface area contributed by atoms with E-state index in [-0.39, 0.29) is 17.7 Å². The van der Waals surface area contributed by atoms with Gasteiger partial charge in [-0.25, -0.2) is 0 Å². The van der Waals surface area contributed by atoms with E-state index in [0.29, 0.717) is 37.0 Å². The maximum Gasteiger partial charge on any atom is 0.237 e. The van der Waals surface area contributed by atoms with Crippen LogP contribution in [0.3, 0.4) is 0 Å². The quantitative estimate of drug-likeness (QED) is 0.860. The highest BCUT2D eigenvalue weighted by atomic mass is 35.5. The molecule has 5 nitrogen and oxygen atoms in total. The lowest BCUT2D eigenvalue weighted by Crippen LogP contribution is -2.45. The van der Waals surface area contributed by atoms with Gasteiger partial charge in [0.2, 0.25) is 5.91 Å². The summed E-state index contributed by atoms with van der Waals surface area (Å²) in [4.78, 5) is 14.3. The molecule has 3 rings (SSSR count). The van der Waals surface area contributed by atoms with E-state index in [2.05, 4.69) is 10.2 Å². The Hall–Kier alpha value is -2.24. The van der Waals surface area contributed by atoms with Gasteiger partial charge in [-0.2, -0.15) is 0 Å². The third-order valence-electron chi connectivity index (χ3n) is 4.58. The monoisotopic (exact) mass is 374 g/mol. The summed E-state index contributed by atoms with van der Waals surface area (Å²) >= 11 is 6.09. The van der Waals surface area contributed by atoms with Crippen LogP contribution in [0.1, 0.15) is 19.4 Å². The number of hydrogen-bond donors (Lipinski definition) is 2. The maximum absolute atomic E-state index is 12.2. The number of nitrogens with one attached hydrogen (secondary N) is 1. The number of fused-ring (bicyclic) bond motifs is 1. The Morgan fingerprint density at radius 1 is 1.35 bits per heavy atom. The fraction of sp³-hybridized carbons (Fsp3) is 0.350. The third-order valence-corrected chi connectivity index (χ3v) is 4.82. The van der Waals surface area contributed by atoms with Crippen LogP contribution in [0.4, 0.5) is 0 Å². The first kappa shape index (κ1) is 18.5. The van der Waals surface area contributed by atoms with Crippen LogP contribution in [0.5, 0.6) is 11.5 Å². The number of carbonyl (C=O) groups excluding carboxylic acids is 1. The van der Waals surface area contributed by atoms with E-state index in [4.69, 9.17) is 16.3 Å². The lowest BCUT2D eigenvalue weighted by molar-refractivity contribution is -0.126. The van der Waals surface area contributed by atoms with Crippen molar-refractivity contribution in [3.05, 3.63) is 47.0 Å². The van der Waals surface area contributed by atoms with Gasteiger partial charge in [0.1, 0.15) is 6.61 Å². The van der Waals surface area contributed by atoms with Gasteiger partial charge >= 0.3 is 0 Å². The molecule has 1 unspecified atom stereocenters. The zero-order valence-corrected chi connectivity index (χ0v) is 15.7. The maximum atomic E-state index is 12.2. The third kappa shape index (κ3) is 3.94. The minimum Gasteiger partial charge on any atom is -0.504 e. The lowest BCUT2D eigenvalue weighted by atomic mass is 10.0. The average molecular weight is 375 g/mol. The van der Waals surface area contributed by atoms with E-state index in [1.807, 2.05) is 44.2 Å². The Labute approximate surface area is 158 Å². The van der Waals surface area contributed by atoms with E-state index < -0.39 is 0 Å². The number of likely N-dealkylation sites (N-methyl/N-ethyl adjacent to an activating group) is 1. The summed E-state index contributed by atoms with van der Waals surface area (Å²) in [6, 6.07) is 10.9. The Kier molecular flexibility index (Phi) is 5.69. The van der Waals surface area contributed by atoms with Crippen LogP contribution >= 0.6 is 11.6 Å². The Balaban J connectivity index is 1.93. The minimum atomic E-state index is -0.276. The fourth-order valence-electron chi connectivity index (χ4n) is 3.17. The first-order valence-electron chi connectivity index (χ1n) is 8.76. The van der Waals surface area contributed by atoms with E-state index in [9.17, 15) is 9.90 Å². The van der Waals surface area contributed by atoms with Crippen molar-refractivity contribution in [2.75, 3.05) is 19.7 Å². The molecule has 0 saturated heterocycles. The van der Waals surface area contributed by atoms with Crippen molar-refractivity contribution in [1.29, 1.82) is 0 Å². The number of nitrogens with zero attached hydrogens (tertiary/aromatic N) is 1.